The zero-order chi connectivity index (χ0) is 9.54. The minimum absolute atomic E-state index is 1.05. The van der Waals surface area contributed by atoms with Crippen molar-refractivity contribution in [1.82, 2.24) is 4.98 Å². The highest BCUT2D eigenvalue weighted by Gasteiger charge is 2.12. The third-order valence-corrected chi connectivity index (χ3v) is 2.84. The topological polar surface area (TPSA) is 12.9 Å². The van der Waals surface area contributed by atoms with Gasteiger partial charge in [0.25, 0.3) is 0 Å². The Morgan fingerprint density at radius 3 is 3.00 bits per heavy atom. The van der Waals surface area contributed by atoms with Crippen molar-refractivity contribution in [3.8, 4) is 0 Å². The number of allylic oxidation sites excluding steroid dienone is 1. The zero-order valence-corrected chi connectivity index (χ0v) is 8.12. The summed E-state index contributed by atoms with van der Waals surface area (Å²) in [5.41, 5.74) is 5.02. The second kappa shape index (κ2) is 2.68. The van der Waals surface area contributed by atoms with Crippen LogP contribution in [0.2, 0.25) is 0 Å². The summed E-state index contributed by atoms with van der Waals surface area (Å²) in [7, 11) is 0. The van der Waals surface area contributed by atoms with Crippen LogP contribution < -0.4 is 0 Å². The molecule has 0 saturated carbocycles. The van der Waals surface area contributed by atoms with Crippen LogP contribution in [0.5, 0.6) is 0 Å². The van der Waals surface area contributed by atoms with Gasteiger partial charge in [0.2, 0.25) is 0 Å². The van der Waals surface area contributed by atoms with Crippen LogP contribution in [0.4, 0.5) is 0 Å². The van der Waals surface area contributed by atoms with Gasteiger partial charge in [-0.3, -0.25) is 4.98 Å². The van der Waals surface area contributed by atoms with Gasteiger partial charge in [0.05, 0.1) is 5.52 Å². The van der Waals surface area contributed by atoms with Gasteiger partial charge in [-0.05, 0) is 30.5 Å². The Morgan fingerprint density at radius 2 is 2.07 bits per heavy atom. The highest BCUT2D eigenvalue weighted by atomic mass is 14.7. The van der Waals surface area contributed by atoms with Crippen molar-refractivity contribution in [1.29, 1.82) is 0 Å². The molecular formula is C13H11N. The Hall–Kier alpha value is -1.63. The quantitative estimate of drug-likeness (QED) is 0.608. The number of fused-ring (bicyclic) bond motifs is 3. The van der Waals surface area contributed by atoms with Gasteiger partial charge in [-0.25, -0.2) is 0 Å². The predicted molar refractivity (Wildman–Crippen MR) is 59.2 cm³/mol. The lowest BCUT2D eigenvalue weighted by molar-refractivity contribution is 1.21. The molecule has 1 aromatic heterocycles. The Kier molecular flexibility index (Phi) is 1.48. The monoisotopic (exact) mass is 181 g/mol. The smallest absolute Gasteiger partial charge is 0.0708 e. The number of pyridine rings is 1. The standard InChI is InChI=1S/C13H11N/c1-9-10-6-4-7-11(10)12-5-2-3-8-13(12)14-9/h2-6,8H,7H2,1H3. The summed E-state index contributed by atoms with van der Waals surface area (Å²) in [6.07, 6.45) is 5.45. The fraction of sp³-hybridized carbons (Fsp3) is 0.154. The van der Waals surface area contributed by atoms with E-state index in [9.17, 15) is 0 Å². The zero-order valence-electron chi connectivity index (χ0n) is 8.12. The fourth-order valence-electron chi connectivity index (χ4n) is 2.17. The van der Waals surface area contributed by atoms with E-state index in [1.807, 2.05) is 6.07 Å². The van der Waals surface area contributed by atoms with Crippen molar-refractivity contribution in [3.05, 3.63) is 47.2 Å². The first kappa shape index (κ1) is 7.74. The van der Waals surface area contributed by atoms with Crippen molar-refractivity contribution in [2.45, 2.75) is 13.3 Å². The van der Waals surface area contributed by atoms with Gasteiger partial charge in [-0.2, -0.15) is 0 Å². The molecule has 0 unspecified atom stereocenters. The first-order chi connectivity index (χ1) is 6.86. The molecule has 1 heterocycles. The minimum atomic E-state index is 1.05. The van der Waals surface area contributed by atoms with E-state index in [-0.39, 0.29) is 0 Å². The molecule has 0 saturated heterocycles. The average Bonchev–Trinajstić information content (AvgIpc) is 2.67. The molecule has 0 amide bonds. The molecule has 1 aliphatic carbocycles. The van der Waals surface area contributed by atoms with Crippen LogP contribution in [0.25, 0.3) is 17.0 Å². The van der Waals surface area contributed by atoms with Gasteiger partial charge in [0.1, 0.15) is 0 Å². The third kappa shape index (κ3) is 0.925. The van der Waals surface area contributed by atoms with E-state index < -0.39 is 0 Å². The number of hydrogen-bond donors (Lipinski definition) is 0. The number of aryl methyl sites for hydroxylation is 1. The van der Waals surface area contributed by atoms with E-state index in [4.69, 9.17) is 0 Å². The molecule has 0 N–H and O–H groups in total. The Bertz CT molecular complexity index is 538. The van der Waals surface area contributed by atoms with Crippen LogP contribution in [-0.2, 0) is 6.42 Å². The van der Waals surface area contributed by atoms with E-state index in [2.05, 4.69) is 42.3 Å². The summed E-state index contributed by atoms with van der Waals surface area (Å²) in [4.78, 5) is 4.60. The van der Waals surface area contributed by atoms with Gasteiger partial charge in [0.15, 0.2) is 0 Å². The lowest BCUT2D eigenvalue weighted by Gasteiger charge is -2.07. The van der Waals surface area contributed by atoms with Gasteiger partial charge in [0, 0.05) is 11.1 Å². The molecule has 0 radical (unpaired) electrons. The number of nitrogens with zero attached hydrogens (tertiary/aromatic N) is 1. The van der Waals surface area contributed by atoms with Crippen LogP contribution in [0.1, 0.15) is 16.8 Å². The van der Waals surface area contributed by atoms with E-state index in [0.29, 0.717) is 0 Å². The number of hydrogen-bond acceptors (Lipinski definition) is 1. The molecule has 2 aromatic rings. The van der Waals surface area contributed by atoms with E-state index >= 15 is 0 Å². The molecule has 3 rings (SSSR count). The summed E-state index contributed by atoms with van der Waals surface area (Å²) in [6, 6.07) is 8.37. The molecule has 1 aliphatic rings. The molecule has 0 aliphatic heterocycles. The lowest BCUT2D eigenvalue weighted by Crippen LogP contribution is -1.93. The minimum Gasteiger partial charge on any atom is -0.252 e. The maximum absolute atomic E-state index is 4.60. The van der Waals surface area contributed by atoms with Gasteiger partial charge in [-0.1, -0.05) is 30.4 Å². The highest BCUT2D eigenvalue weighted by molar-refractivity contribution is 5.87. The molecule has 0 atom stereocenters. The number of rotatable bonds is 0. The first-order valence-corrected chi connectivity index (χ1v) is 4.91. The van der Waals surface area contributed by atoms with Gasteiger partial charge < -0.3 is 0 Å². The highest BCUT2D eigenvalue weighted by Crippen LogP contribution is 2.28. The molecule has 1 heteroatoms. The molecule has 0 bridgehead atoms. The summed E-state index contributed by atoms with van der Waals surface area (Å²) in [5, 5.41) is 1.30. The van der Waals surface area contributed by atoms with Gasteiger partial charge in [-0.15, -0.1) is 0 Å². The van der Waals surface area contributed by atoms with E-state index in [1.54, 1.807) is 0 Å². The normalized spacial score (nSPS) is 13.5. The van der Waals surface area contributed by atoms with Crippen LogP contribution in [0.3, 0.4) is 0 Å². The largest absolute Gasteiger partial charge is 0.252 e. The van der Waals surface area contributed by atoms with Crippen LogP contribution in [0, 0.1) is 6.92 Å². The van der Waals surface area contributed by atoms with Crippen molar-refractivity contribution >= 4 is 17.0 Å². The summed E-state index contributed by atoms with van der Waals surface area (Å²) < 4.78 is 0. The van der Waals surface area contributed by atoms with Crippen molar-refractivity contribution in [2.24, 2.45) is 0 Å². The summed E-state index contributed by atoms with van der Waals surface area (Å²) in [5.74, 6) is 0. The molecule has 0 spiro atoms. The molecule has 1 aromatic carbocycles. The maximum Gasteiger partial charge on any atom is 0.0708 e. The SMILES string of the molecule is Cc1nc2ccccc2c2c1C=CC2. The number of benzene rings is 1. The van der Waals surface area contributed by atoms with E-state index in [1.165, 1.54) is 16.5 Å². The van der Waals surface area contributed by atoms with Crippen molar-refractivity contribution in [3.63, 3.8) is 0 Å². The summed E-state index contributed by atoms with van der Waals surface area (Å²) in [6.45, 7) is 2.08. The van der Waals surface area contributed by atoms with Crippen molar-refractivity contribution < 1.29 is 0 Å². The summed E-state index contributed by atoms with van der Waals surface area (Å²) >= 11 is 0. The first-order valence-electron chi connectivity index (χ1n) is 4.91. The number of aromatic nitrogens is 1. The van der Waals surface area contributed by atoms with Crippen LogP contribution in [-0.4, -0.2) is 4.98 Å². The molecule has 14 heavy (non-hydrogen) atoms. The Morgan fingerprint density at radius 1 is 1.21 bits per heavy atom. The fourth-order valence-corrected chi connectivity index (χ4v) is 2.17. The molecule has 0 fully saturated rings. The third-order valence-electron chi connectivity index (χ3n) is 2.84. The van der Waals surface area contributed by atoms with Crippen molar-refractivity contribution in [2.75, 3.05) is 0 Å². The molecular weight excluding hydrogens is 170 g/mol. The number of para-hydroxylation sites is 1. The lowest BCUT2D eigenvalue weighted by atomic mass is 10.0. The molecule has 1 nitrogen and oxygen atoms in total. The average molecular weight is 181 g/mol. The van der Waals surface area contributed by atoms with E-state index in [0.717, 1.165) is 17.6 Å². The Balaban J connectivity index is 2.49. The van der Waals surface area contributed by atoms with Crippen LogP contribution >= 0.6 is 0 Å². The second-order valence-corrected chi connectivity index (χ2v) is 3.71. The maximum atomic E-state index is 4.60. The second-order valence-electron chi connectivity index (χ2n) is 3.71. The Labute approximate surface area is 83.1 Å². The predicted octanol–water partition coefficient (Wildman–Crippen LogP) is 3.11. The molecule has 68 valence electrons. The van der Waals surface area contributed by atoms with Crippen LogP contribution in [0.15, 0.2) is 30.3 Å². The van der Waals surface area contributed by atoms with Gasteiger partial charge >= 0.3 is 0 Å².